The Bertz CT molecular complexity index is 1440. The van der Waals surface area contributed by atoms with Gasteiger partial charge in [0, 0.05) is 34.2 Å². The normalized spacial score (nSPS) is 18.5. The molecule has 1 fully saturated rings. The molecule has 1 aliphatic rings. The molecule has 0 spiro atoms. The van der Waals surface area contributed by atoms with Gasteiger partial charge in [0.2, 0.25) is 5.91 Å². The van der Waals surface area contributed by atoms with Crippen molar-refractivity contribution in [2.75, 3.05) is 6.61 Å². The number of rotatable bonds is 6. The molecule has 1 heterocycles. The van der Waals surface area contributed by atoms with Crippen molar-refractivity contribution in [2.24, 2.45) is 5.92 Å². The molecule has 4 heteroatoms. The number of hydrogen-bond acceptors (Lipinski definition) is 3. The van der Waals surface area contributed by atoms with Gasteiger partial charge in [-0.2, -0.15) is 0 Å². The third-order valence-corrected chi connectivity index (χ3v) is 7.60. The third kappa shape index (κ3) is 4.65. The van der Waals surface area contributed by atoms with Crippen molar-refractivity contribution in [3.63, 3.8) is 0 Å². The molecular formula is C32H35NO3. The summed E-state index contributed by atoms with van der Waals surface area (Å²) in [5.41, 5.74) is 5.72. The highest BCUT2D eigenvalue weighted by Gasteiger charge is 2.23. The van der Waals surface area contributed by atoms with Gasteiger partial charge in [-0.05, 0) is 73.6 Å². The van der Waals surface area contributed by atoms with Crippen molar-refractivity contribution in [2.45, 2.75) is 59.4 Å². The van der Waals surface area contributed by atoms with Crippen LogP contribution in [-0.2, 0) is 4.79 Å². The Morgan fingerprint density at radius 3 is 2.67 bits per heavy atom. The van der Waals surface area contributed by atoms with Crippen LogP contribution in [0.4, 0.5) is 0 Å². The van der Waals surface area contributed by atoms with Gasteiger partial charge in [-0.25, -0.2) is 0 Å². The minimum absolute atomic E-state index is 0.0339. The van der Waals surface area contributed by atoms with Crippen molar-refractivity contribution >= 4 is 33.2 Å². The lowest BCUT2D eigenvalue weighted by atomic mass is 9.86. The number of ether oxygens (including phenoxy) is 1. The summed E-state index contributed by atoms with van der Waals surface area (Å²) in [5, 5.41) is 6.67. The van der Waals surface area contributed by atoms with Gasteiger partial charge in [-0.3, -0.25) is 4.79 Å². The first-order valence-corrected chi connectivity index (χ1v) is 13.1. The zero-order valence-corrected chi connectivity index (χ0v) is 21.7. The summed E-state index contributed by atoms with van der Waals surface area (Å²) in [6, 6.07) is 17.2. The van der Waals surface area contributed by atoms with E-state index in [0.29, 0.717) is 12.5 Å². The monoisotopic (exact) mass is 481 g/mol. The van der Waals surface area contributed by atoms with Crippen LogP contribution < -0.4 is 10.1 Å². The number of amides is 1. The van der Waals surface area contributed by atoms with Gasteiger partial charge in [0.25, 0.3) is 0 Å². The van der Waals surface area contributed by atoms with E-state index in [1.54, 1.807) is 6.08 Å². The van der Waals surface area contributed by atoms with E-state index in [1.807, 2.05) is 27.0 Å². The van der Waals surface area contributed by atoms with E-state index in [4.69, 9.17) is 9.15 Å². The summed E-state index contributed by atoms with van der Waals surface area (Å²) in [6.07, 6.45) is 8.22. The number of carbonyl (C=O) groups excluding carboxylic acids is 1. The molecule has 0 saturated heterocycles. The summed E-state index contributed by atoms with van der Waals surface area (Å²) >= 11 is 0. The smallest absolute Gasteiger partial charge is 0.244 e. The second kappa shape index (κ2) is 10.2. The van der Waals surface area contributed by atoms with Crippen molar-refractivity contribution < 1.29 is 13.9 Å². The van der Waals surface area contributed by atoms with Gasteiger partial charge in [0.15, 0.2) is 0 Å². The summed E-state index contributed by atoms with van der Waals surface area (Å²) in [7, 11) is 0. The van der Waals surface area contributed by atoms with Gasteiger partial charge >= 0.3 is 0 Å². The summed E-state index contributed by atoms with van der Waals surface area (Å²) in [5.74, 6) is 1.26. The zero-order valence-electron chi connectivity index (χ0n) is 21.7. The first-order chi connectivity index (χ1) is 17.5. The molecule has 4 aromatic rings. The van der Waals surface area contributed by atoms with Gasteiger partial charge in [0.05, 0.1) is 12.9 Å². The second-order valence-corrected chi connectivity index (χ2v) is 10.1. The molecular weight excluding hydrogens is 446 g/mol. The Morgan fingerprint density at radius 1 is 1.11 bits per heavy atom. The molecule has 36 heavy (non-hydrogen) atoms. The average Bonchev–Trinajstić information content (AvgIpc) is 3.31. The number of fused-ring (bicyclic) bond motifs is 2. The number of aryl methyl sites for hydroxylation is 1. The minimum atomic E-state index is -0.0339. The van der Waals surface area contributed by atoms with Crippen molar-refractivity contribution in [3.05, 3.63) is 72.0 Å². The van der Waals surface area contributed by atoms with Gasteiger partial charge in [0.1, 0.15) is 11.3 Å². The van der Waals surface area contributed by atoms with Crippen LogP contribution in [0.25, 0.3) is 38.4 Å². The molecule has 0 radical (unpaired) electrons. The van der Waals surface area contributed by atoms with Gasteiger partial charge < -0.3 is 14.5 Å². The fourth-order valence-corrected chi connectivity index (χ4v) is 5.55. The maximum absolute atomic E-state index is 13.0. The van der Waals surface area contributed by atoms with E-state index < -0.39 is 0 Å². The van der Waals surface area contributed by atoms with E-state index >= 15 is 0 Å². The summed E-state index contributed by atoms with van der Waals surface area (Å²) in [4.78, 5) is 13.0. The van der Waals surface area contributed by atoms with E-state index in [0.717, 1.165) is 51.0 Å². The summed E-state index contributed by atoms with van der Waals surface area (Å²) in [6.45, 7) is 8.77. The standard InChI is InChI=1S/C32H35NO3/c1-5-35-31-22(4)32-27(28(19-36-32)25-15-14-23-11-7-8-12-24(23)17-25)18-26(31)21(3)16-30(34)33-29-13-9-6-10-20(29)2/h7-8,11-12,14-20,29H,5-6,9-10,13H2,1-4H3,(H,33,34)/b21-16+. The maximum Gasteiger partial charge on any atom is 0.244 e. The molecule has 2 atom stereocenters. The Morgan fingerprint density at radius 2 is 1.89 bits per heavy atom. The predicted molar refractivity (Wildman–Crippen MR) is 148 cm³/mol. The molecule has 4 nitrogen and oxygen atoms in total. The van der Waals surface area contributed by atoms with Crippen LogP contribution in [0.15, 0.2) is 65.3 Å². The van der Waals surface area contributed by atoms with Crippen LogP contribution in [0.2, 0.25) is 0 Å². The van der Waals surface area contributed by atoms with Gasteiger partial charge in [-0.1, -0.05) is 56.2 Å². The van der Waals surface area contributed by atoms with Gasteiger partial charge in [-0.15, -0.1) is 0 Å². The van der Waals surface area contributed by atoms with Crippen LogP contribution >= 0.6 is 0 Å². The van der Waals surface area contributed by atoms with Crippen molar-refractivity contribution in [1.29, 1.82) is 0 Å². The molecule has 0 aliphatic heterocycles. The Balaban J connectivity index is 1.55. The molecule has 186 valence electrons. The van der Waals surface area contributed by atoms with E-state index in [-0.39, 0.29) is 11.9 Å². The number of allylic oxidation sites excluding steroid dienone is 1. The van der Waals surface area contributed by atoms with E-state index in [1.165, 1.54) is 30.0 Å². The molecule has 1 N–H and O–H groups in total. The average molecular weight is 482 g/mol. The second-order valence-electron chi connectivity index (χ2n) is 10.1. The van der Waals surface area contributed by atoms with E-state index in [2.05, 4.69) is 60.8 Å². The van der Waals surface area contributed by atoms with Crippen LogP contribution in [0.3, 0.4) is 0 Å². The number of carbonyl (C=O) groups is 1. The first-order valence-electron chi connectivity index (χ1n) is 13.1. The van der Waals surface area contributed by atoms with Crippen LogP contribution in [0.5, 0.6) is 5.75 Å². The molecule has 1 aliphatic carbocycles. The lowest BCUT2D eigenvalue weighted by Gasteiger charge is -2.29. The van der Waals surface area contributed by atoms with Crippen LogP contribution in [-0.4, -0.2) is 18.6 Å². The van der Waals surface area contributed by atoms with Crippen LogP contribution in [0, 0.1) is 12.8 Å². The maximum atomic E-state index is 13.0. The highest BCUT2D eigenvalue weighted by atomic mass is 16.5. The lowest BCUT2D eigenvalue weighted by molar-refractivity contribution is -0.117. The molecule has 1 amide bonds. The minimum Gasteiger partial charge on any atom is -0.493 e. The molecule has 1 saturated carbocycles. The largest absolute Gasteiger partial charge is 0.493 e. The SMILES string of the molecule is CCOc1c(/C(C)=C/C(=O)NC2CCCCC2C)cc2c(-c3ccc4ccccc4c3)coc2c1C. The fourth-order valence-electron chi connectivity index (χ4n) is 5.55. The molecule has 5 rings (SSSR count). The molecule has 3 aromatic carbocycles. The van der Waals surface area contributed by atoms with Crippen molar-refractivity contribution in [3.8, 4) is 16.9 Å². The number of hydrogen-bond donors (Lipinski definition) is 1. The number of furan rings is 1. The van der Waals surface area contributed by atoms with Crippen molar-refractivity contribution in [1.82, 2.24) is 5.32 Å². The molecule has 2 unspecified atom stereocenters. The first kappa shape index (κ1) is 24.2. The highest BCUT2D eigenvalue weighted by molar-refractivity contribution is 6.02. The summed E-state index contributed by atoms with van der Waals surface area (Å²) < 4.78 is 12.2. The molecule has 0 bridgehead atoms. The zero-order chi connectivity index (χ0) is 25.2. The lowest BCUT2D eigenvalue weighted by Crippen LogP contribution is -2.40. The van der Waals surface area contributed by atoms with Crippen LogP contribution in [0.1, 0.15) is 57.6 Å². The topological polar surface area (TPSA) is 51.5 Å². The number of nitrogens with one attached hydrogen (secondary N) is 1. The third-order valence-electron chi connectivity index (χ3n) is 7.60. The molecule has 1 aromatic heterocycles. The highest BCUT2D eigenvalue weighted by Crippen LogP contribution is 2.41. The Kier molecular flexibility index (Phi) is 6.86. The fraction of sp³-hybridized carbons (Fsp3) is 0.344. The van der Waals surface area contributed by atoms with E-state index in [9.17, 15) is 4.79 Å². The Hall–Kier alpha value is -3.53. The predicted octanol–water partition coefficient (Wildman–Crippen LogP) is 8.06. The Labute approximate surface area is 213 Å². The number of benzene rings is 3. The quantitative estimate of drug-likeness (QED) is 0.283.